The van der Waals surface area contributed by atoms with Gasteiger partial charge in [0.15, 0.2) is 0 Å². The van der Waals surface area contributed by atoms with Crippen molar-refractivity contribution in [2.45, 2.75) is 11.5 Å². The molecular weight excluding hydrogens is 332 g/mol. The molecule has 1 amide bonds. The smallest absolute Gasteiger partial charge is 0.245 e. The van der Waals surface area contributed by atoms with Crippen LogP contribution in [0.15, 0.2) is 91.0 Å². The second-order valence-corrected chi connectivity index (χ2v) is 7.12. The molecular formula is C24H20N2O. The largest absolute Gasteiger partial charge is 0.375 e. The average molecular weight is 352 g/mol. The van der Waals surface area contributed by atoms with E-state index < -0.39 is 5.41 Å². The van der Waals surface area contributed by atoms with Crippen molar-refractivity contribution in [3.8, 4) is 0 Å². The Morgan fingerprint density at radius 1 is 0.852 bits per heavy atom. The van der Waals surface area contributed by atoms with Gasteiger partial charge in [-0.15, -0.1) is 0 Å². The van der Waals surface area contributed by atoms with Gasteiger partial charge in [0.1, 0.15) is 5.41 Å². The third kappa shape index (κ3) is 2.18. The SMILES string of the molecule is CN1C(=O)[C@]2(C=C[C@@H](Nc3ccccc3)c3ccccc32)c2ccccc21. The summed E-state index contributed by atoms with van der Waals surface area (Å²) in [5.74, 6) is 0.102. The Balaban J connectivity index is 1.68. The standard InChI is InChI=1S/C24H20N2O/c1-26-22-14-8-7-13-20(22)24(23(26)27)16-15-21(18-11-5-6-12-19(18)24)25-17-9-3-2-4-10-17/h2-16,21,25H,1H3/t21-,24+/m1/s1. The molecule has 3 aromatic carbocycles. The lowest BCUT2D eigenvalue weighted by atomic mass is 9.69. The van der Waals surface area contributed by atoms with Gasteiger partial charge in [0.05, 0.1) is 6.04 Å². The second kappa shape index (κ2) is 5.85. The number of hydrogen-bond donors (Lipinski definition) is 1. The Kier molecular flexibility index (Phi) is 3.44. The fourth-order valence-corrected chi connectivity index (χ4v) is 4.41. The van der Waals surface area contributed by atoms with Crippen LogP contribution >= 0.6 is 0 Å². The van der Waals surface area contributed by atoms with Crippen molar-refractivity contribution in [3.05, 3.63) is 108 Å². The minimum absolute atomic E-state index is 0.0279. The lowest BCUT2D eigenvalue weighted by molar-refractivity contribution is -0.120. The first-order chi connectivity index (χ1) is 13.2. The zero-order valence-corrected chi connectivity index (χ0v) is 15.1. The van der Waals surface area contributed by atoms with Gasteiger partial charge < -0.3 is 10.2 Å². The Labute approximate surface area is 159 Å². The molecule has 0 bridgehead atoms. The molecule has 1 spiro atoms. The summed E-state index contributed by atoms with van der Waals surface area (Å²) in [6.45, 7) is 0. The highest BCUT2D eigenvalue weighted by Crippen LogP contribution is 2.50. The van der Waals surface area contributed by atoms with E-state index >= 15 is 0 Å². The summed E-state index contributed by atoms with van der Waals surface area (Å²) in [6.07, 6.45) is 4.21. The van der Waals surface area contributed by atoms with E-state index in [4.69, 9.17) is 0 Å². The average Bonchev–Trinajstić information content (AvgIpc) is 2.94. The van der Waals surface area contributed by atoms with Crippen LogP contribution in [-0.2, 0) is 10.2 Å². The fraction of sp³-hybridized carbons (Fsp3) is 0.125. The van der Waals surface area contributed by atoms with Crippen molar-refractivity contribution in [2.24, 2.45) is 0 Å². The van der Waals surface area contributed by atoms with Crippen LogP contribution in [0.25, 0.3) is 0 Å². The molecule has 1 aliphatic heterocycles. The van der Waals surface area contributed by atoms with Crippen LogP contribution < -0.4 is 10.2 Å². The van der Waals surface area contributed by atoms with Crippen LogP contribution in [0, 0.1) is 0 Å². The summed E-state index contributed by atoms with van der Waals surface area (Å²) in [6, 6.07) is 26.6. The molecule has 27 heavy (non-hydrogen) atoms. The van der Waals surface area contributed by atoms with Gasteiger partial charge in [-0.2, -0.15) is 0 Å². The third-order valence-electron chi connectivity index (χ3n) is 5.69. The lowest BCUT2D eigenvalue weighted by Gasteiger charge is -2.34. The number of carbonyl (C=O) groups excluding carboxylic acids is 1. The maximum absolute atomic E-state index is 13.4. The van der Waals surface area contributed by atoms with E-state index in [9.17, 15) is 4.79 Å². The molecule has 132 valence electrons. The van der Waals surface area contributed by atoms with Crippen LogP contribution in [-0.4, -0.2) is 13.0 Å². The number of nitrogens with one attached hydrogen (secondary N) is 1. The number of amides is 1. The summed E-state index contributed by atoms with van der Waals surface area (Å²) in [5, 5.41) is 3.58. The number of hydrogen-bond acceptors (Lipinski definition) is 2. The van der Waals surface area contributed by atoms with Crippen LogP contribution in [0.2, 0.25) is 0 Å². The highest BCUT2D eigenvalue weighted by molar-refractivity contribution is 6.12. The van der Waals surface area contributed by atoms with E-state index in [-0.39, 0.29) is 11.9 Å². The molecule has 1 aliphatic carbocycles. The van der Waals surface area contributed by atoms with Crippen molar-refractivity contribution in [2.75, 3.05) is 17.3 Å². The quantitative estimate of drug-likeness (QED) is 0.680. The first-order valence-corrected chi connectivity index (χ1v) is 9.20. The zero-order chi connectivity index (χ0) is 18.4. The minimum atomic E-state index is -0.739. The van der Waals surface area contributed by atoms with E-state index in [1.165, 1.54) is 0 Å². The fourth-order valence-electron chi connectivity index (χ4n) is 4.41. The molecule has 0 fully saturated rings. The molecule has 3 aromatic rings. The first kappa shape index (κ1) is 15.9. The summed E-state index contributed by atoms with van der Waals surface area (Å²) < 4.78 is 0. The molecule has 3 heteroatoms. The molecule has 0 aromatic heterocycles. The normalized spacial score (nSPS) is 22.6. The van der Waals surface area contributed by atoms with Gasteiger partial charge in [0, 0.05) is 18.4 Å². The number of benzene rings is 3. The van der Waals surface area contributed by atoms with Gasteiger partial charge in [0.2, 0.25) is 5.91 Å². The first-order valence-electron chi connectivity index (χ1n) is 9.20. The zero-order valence-electron chi connectivity index (χ0n) is 15.1. The van der Waals surface area contributed by atoms with E-state index in [2.05, 4.69) is 47.8 Å². The predicted octanol–water partition coefficient (Wildman–Crippen LogP) is 4.67. The molecule has 1 N–H and O–H groups in total. The third-order valence-corrected chi connectivity index (χ3v) is 5.69. The number of carbonyl (C=O) groups is 1. The minimum Gasteiger partial charge on any atom is -0.375 e. The molecule has 2 aliphatic rings. The van der Waals surface area contributed by atoms with Crippen molar-refractivity contribution in [1.82, 2.24) is 0 Å². The summed E-state index contributed by atoms with van der Waals surface area (Å²) in [4.78, 5) is 15.2. The Morgan fingerprint density at radius 3 is 2.33 bits per heavy atom. The van der Waals surface area contributed by atoms with Crippen LogP contribution in [0.5, 0.6) is 0 Å². The highest BCUT2D eigenvalue weighted by Gasteiger charge is 2.51. The van der Waals surface area contributed by atoms with Crippen molar-refractivity contribution in [1.29, 1.82) is 0 Å². The summed E-state index contributed by atoms with van der Waals surface area (Å²) in [5.41, 5.74) is 4.56. The molecule has 2 atom stereocenters. The molecule has 1 heterocycles. The molecule has 0 unspecified atom stereocenters. The number of likely N-dealkylation sites (N-methyl/N-ethyl adjacent to an activating group) is 1. The highest BCUT2D eigenvalue weighted by atomic mass is 16.2. The van der Waals surface area contributed by atoms with Crippen LogP contribution in [0.1, 0.15) is 22.7 Å². The molecule has 0 saturated carbocycles. The Bertz CT molecular complexity index is 1060. The second-order valence-electron chi connectivity index (χ2n) is 7.12. The molecule has 0 saturated heterocycles. The predicted molar refractivity (Wildman–Crippen MR) is 109 cm³/mol. The number of para-hydroxylation sites is 2. The maximum Gasteiger partial charge on any atom is 0.245 e. The van der Waals surface area contributed by atoms with E-state index in [1.54, 1.807) is 4.90 Å². The van der Waals surface area contributed by atoms with Gasteiger partial charge in [-0.25, -0.2) is 0 Å². The van der Waals surface area contributed by atoms with Gasteiger partial charge >= 0.3 is 0 Å². The topological polar surface area (TPSA) is 32.3 Å². The number of nitrogens with zero attached hydrogens (tertiary/aromatic N) is 1. The summed E-state index contributed by atoms with van der Waals surface area (Å²) >= 11 is 0. The van der Waals surface area contributed by atoms with E-state index in [0.29, 0.717) is 0 Å². The number of anilines is 2. The monoisotopic (exact) mass is 352 g/mol. The van der Waals surface area contributed by atoms with E-state index in [0.717, 1.165) is 28.1 Å². The van der Waals surface area contributed by atoms with Crippen LogP contribution in [0.4, 0.5) is 11.4 Å². The summed E-state index contributed by atoms with van der Waals surface area (Å²) in [7, 11) is 1.86. The lowest BCUT2D eigenvalue weighted by Crippen LogP contribution is -2.41. The maximum atomic E-state index is 13.4. The van der Waals surface area contributed by atoms with Crippen molar-refractivity contribution < 1.29 is 4.79 Å². The molecule has 5 rings (SSSR count). The van der Waals surface area contributed by atoms with Crippen molar-refractivity contribution in [3.63, 3.8) is 0 Å². The van der Waals surface area contributed by atoms with Gasteiger partial charge in [-0.3, -0.25) is 4.79 Å². The molecule has 3 nitrogen and oxygen atoms in total. The van der Waals surface area contributed by atoms with Crippen molar-refractivity contribution >= 4 is 17.3 Å². The number of rotatable bonds is 2. The van der Waals surface area contributed by atoms with E-state index in [1.807, 2.05) is 55.6 Å². The Hall–Kier alpha value is -3.33. The Morgan fingerprint density at radius 2 is 1.52 bits per heavy atom. The molecule has 0 radical (unpaired) electrons. The number of fused-ring (bicyclic) bond motifs is 4. The van der Waals surface area contributed by atoms with Gasteiger partial charge in [-0.1, -0.05) is 72.8 Å². The van der Waals surface area contributed by atoms with Gasteiger partial charge in [-0.05, 0) is 34.9 Å². The van der Waals surface area contributed by atoms with Gasteiger partial charge in [0.25, 0.3) is 0 Å². The van der Waals surface area contributed by atoms with Crippen LogP contribution in [0.3, 0.4) is 0 Å².